The number of hydroxylamine groups is 2. The summed E-state index contributed by atoms with van der Waals surface area (Å²) in [5.74, 6) is -2.11. The van der Waals surface area contributed by atoms with E-state index >= 15 is 0 Å². The Labute approximate surface area is 137 Å². The number of amides is 3. The third-order valence-corrected chi connectivity index (χ3v) is 2.94. The second-order valence-electron chi connectivity index (χ2n) is 4.87. The van der Waals surface area contributed by atoms with E-state index in [4.69, 9.17) is 15.1 Å². The first kappa shape index (κ1) is 19.1. The fourth-order valence-electron chi connectivity index (χ4n) is 1.57. The highest BCUT2D eigenvalue weighted by molar-refractivity contribution is 6.00. The van der Waals surface area contributed by atoms with E-state index in [0.29, 0.717) is 0 Å². The molecule has 1 aromatic carbocycles. The number of rotatable bonds is 4. The smallest absolute Gasteiger partial charge is 0.408 e. The van der Waals surface area contributed by atoms with Crippen molar-refractivity contribution in [3.05, 3.63) is 35.9 Å². The maximum absolute atomic E-state index is 11.1. The number of hydrogen-bond donors (Lipinski definition) is 3. The van der Waals surface area contributed by atoms with E-state index in [1.54, 1.807) is 0 Å². The molecule has 0 spiro atoms. The van der Waals surface area contributed by atoms with Gasteiger partial charge in [-0.25, -0.2) is 4.79 Å². The van der Waals surface area contributed by atoms with Gasteiger partial charge in [-0.05, 0) is 12.5 Å². The van der Waals surface area contributed by atoms with Gasteiger partial charge in [0.05, 0.1) is 0 Å². The fraction of sp³-hybridized carbons (Fsp3) is 0.333. The van der Waals surface area contributed by atoms with Crippen molar-refractivity contribution in [1.29, 1.82) is 0 Å². The van der Waals surface area contributed by atoms with Gasteiger partial charge in [-0.1, -0.05) is 30.3 Å². The van der Waals surface area contributed by atoms with E-state index in [0.717, 1.165) is 5.56 Å². The van der Waals surface area contributed by atoms with Crippen LogP contribution in [0, 0.1) is 0 Å². The zero-order valence-corrected chi connectivity index (χ0v) is 13.0. The molecule has 24 heavy (non-hydrogen) atoms. The lowest BCUT2D eigenvalue weighted by Crippen LogP contribution is -2.38. The second-order valence-corrected chi connectivity index (χ2v) is 4.87. The molecule has 3 N–H and O–H groups in total. The summed E-state index contributed by atoms with van der Waals surface area (Å²) in [4.78, 5) is 42.1. The Balaban J connectivity index is 0.000000300. The molecule has 1 saturated heterocycles. The SMILES string of the molecule is C[C@@H](NC(=O)OCc1ccccc1)C(=O)O.O=C1CCC(=O)N1O. The lowest BCUT2D eigenvalue weighted by molar-refractivity contribution is -0.171. The summed E-state index contributed by atoms with van der Waals surface area (Å²) in [6, 6.07) is 8.19. The van der Waals surface area contributed by atoms with E-state index in [2.05, 4.69) is 5.32 Å². The molecule has 2 rings (SSSR count). The molecule has 1 aliphatic heterocycles. The fourth-order valence-corrected chi connectivity index (χ4v) is 1.57. The van der Waals surface area contributed by atoms with Crippen LogP contribution in [0.3, 0.4) is 0 Å². The molecule has 0 unspecified atom stereocenters. The van der Waals surface area contributed by atoms with Crippen LogP contribution < -0.4 is 5.32 Å². The third-order valence-electron chi connectivity index (χ3n) is 2.94. The number of alkyl carbamates (subject to hydrolysis) is 1. The van der Waals surface area contributed by atoms with Gasteiger partial charge in [-0.3, -0.25) is 19.6 Å². The highest BCUT2D eigenvalue weighted by Crippen LogP contribution is 2.07. The van der Waals surface area contributed by atoms with Crippen LogP contribution in [-0.2, 0) is 25.7 Å². The molecule has 0 aromatic heterocycles. The first-order valence-corrected chi connectivity index (χ1v) is 7.06. The molecule has 1 fully saturated rings. The van der Waals surface area contributed by atoms with E-state index < -0.39 is 29.9 Å². The van der Waals surface area contributed by atoms with Gasteiger partial charge in [-0.2, -0.15) is 5.06 Å². The van der Waals surface area contributed by atoms with Gasteiger partial charge >= 0.3 is 12.1 Å². The minimum Gasteiger partial charge on any atom is -0.480 e. The number of carboxylic acids is 1. The van der Waals surface area contributed by atoms with Crippen molar-refractivity contribution in [2.45, 2.75) is 32.4 Å². The van der Waals surface area contributed by atoms with E-state index in [1.165, 1.54) is 6.92 Å². The van der Waals surface area contributed by atoms with Crippen LogP contribution in [0.1, 0.15) is 25.3 Å². The van der Waals surface area contributed by atoms with Gasteiger partial charge < -0.3 is 15.2 Å². The summed E-state index contributed by atoms with van der Waals surface area (Å²) in [5, 5.41) is 19.3. The Bertz CT molecular complexity index is 587. The Kier molecular flexibility index (Phi) is 7.37. The van der Waals surface area contributed by atoms with Gasteiger partial charge in [0.25, 0.3) is 11.8 Å². The average Bonchev–Trinajstić information content (AvgIpc) is 2.85. The molecule has 130 valence electrons. The molecular formula is C15H18N2O7. The number of ether oxygens (including phenoxy) is 1. The molecule has 0 radical (unpaired) electrons. The van der Waals surface area contributed by atoms with E-state index in [1.807, 2.05) is 30.3 Å². The average molecular weight is 338 g/mol. The molecule has 3 amide bonds. The summed E-state index contributed by atoms with van der Waals surface area (Å²) in [6.45, 7) is 1.49. The summed E-state index contributed by atoms with van der Waals surface area (Å²) < 4.78 is 4.84. The zero-order valence-electron chi connectivity index (χ0n) is 13.0. The van der Waals surface area contributed by atoms with Crippen molar-refractivity contribution >= 4 is 23.9 Å². The van der Waals surface area contributed by atoms with Crippen molar-refractivity contribution in [3.63, 3.8) is 0 Å². The minimum absolute atomic E-state index is 0.124. The van der Waals surface area contributed by atoms with Crippen molar-refractivity contribution in [2.75, 3.05) is 0 Å². The van der Waals surface area contributed by atoms with Crippen LogP contribution >= 0.6 is 0 Å². The number of benzene rings is 1. The topological polar surface area (TPSA) is 133 Å². The number of hydrogen-bond acceptors (Lipinski definition) is 6. The van der Waals surface area contributed by atoms with Crippen molar-refractivity contribution in [1.82, 2.24) is 10.4 Å². The van der Waals surface area contributed by atoms with Crippen LogP contribution in [0.15, 0.2) is 30.3 Å². The number of carbonyl (C=O) groups is 4. The molecule has 0 aliphatic carbocycles. The van der Waals surface area contributed by atoms with Crippen LogP contribution in [0.2, 0.25) is 0 Å². The van der Waals surface area contributed by atoms with Crippen LogP contribution in [-0.4, -0.2) is 45.3 Å². The molecule has 0 saturated carbocycles. The summed E-state index contributed by atoms with van der Waals surface area (Å²) in [7, 11) is 0. The monoisotopic (exact) mass is 338 g/mol. The van der Waals surface area contributed by atoms with Crippen LogP contribution in [0.4, 0.5) is 4.79 Å². The maximum atomic E-state index is 11.1. The minimum atomic E-state index is -1.10. The van der Waals surface area contributed by atoms with E-state index in [9.17, 15) is 19.2 Å². The number of carbonyl (C=O) groups excluding carboxylic acids is 3. The first-order chi connectivity index (χ1) is 11.3. The standard InChI is InChI=1S/C11H13NO4.C4H5NO3/c1-8(10(13)14)12-11(15)16-7-9-5-3-2-4-6-9;6-3-1-2-4(7)5(3)8/h2-6,8H,7H2,1H3,(H,12,15)(H,13,14);8H,1-2H2/t8-;/m1./s1. The zero-order chi connectivity index (χ0) is 18.1. The Morgan fingerprint density at radius 3 is 2.17 bits per heavy atom. The van der Waals surface area contributed by atoms with Gasteiger partial charge in [0.1, 0.15) is 12.6 Å². The lowest BCUT2D eigenvalue weighted by atomic mass is 10.2. The number of nitrogens with one attached hydrogen (secondary N) is 1. The Morgan fingerprint density at radius 2 is 1.75 bits per heavy atom. The molecule has 1 aliphatic rings. The summed E-state index contributed by atoms with van der Waals surface area (Å²) in [6.07, 6.45) is -0.441. The molecule has 0 bridgehead atoms. The second kappa shape index (κ2) is 9.26. The van der Waals surface area contributed by atoms with Gasteiger partial charge in [0.15, 0.2) is 0 Å². The first-order valence-electron chi connectivity index (χ1n) is 7.06. The van der Waals surface area contributed by atoms with Crippen molar-refractivity contribution in [2.24, 2.45) is 0 Å². The summed E-state index contributed by atoms with van der Waals surface area (Å²) in [5.41, 5.74) is 0.848. The summed E-state index contributed by atoms with van der Waals surface area (Å²) >= 11 is 0. The number of aliphatic carboxylic acids is 1. The Morgan fingerprint density at radius 1 is 1.21 bits per heavy atom. The molecule has 1 atom stereocenters. The van der Waals surface area contributed by atoms with Crippen molar-refractivity contribution < 1.29 is 34.2 Å². The van der Waals surface area contributed by atoms with Gasteiger partial charge in [0, 0.05) is 12.8 Å². The van der Waals surface area contributed by atoms with Gasteiger partial charge in [-0.15, -0.1) is 0 Å². The quantitative estimate of drug-likeness (QED) is 0.549. The molecule has 9 nitrogen and oxygen atoms in total. The number of carboxylic acid groups (broad SMARTS) is 1. The molecular weight excluding hydrogens is 320 g/mol. The normalized spacial score (nSPS) is 14.5. The third kappa shape index (κ3) is 6.44. The molecule has 9 heteroatoms. The highest BCUT2D eigenvalue weighted by Gasteiger charge is 2.26. The Hall–Kier alpha value is -2.94. The molecule has 1 heterocycles. The largest absolute Gasteiger partial charge is 0.480 e. The maximum Gasteiger partial charge on any atom is 0.408 e. The highest BCUT2D eigenvalue weighted by atomic mass is 16.5. The predicted octanol–water partition coefficient (Wildman–Crippen LogP) is 0.911. The van der Waals surface area contributed by atoms with Crippen molar-refractivity contribution in [3.8, 4) is 0 Å². The number of imide groups is 1. The van der Waals surface area contributed by atoms with Crippen LogP contribution in [0.5, 0.6) is 0 Å². The predicted molar refractivity (Wildman–Crippen MR) is 79.7 cm³/mol. The molecule has 1 aromatic rings. The van der Waals surface area contributed by atoms with Crippen LogP contribution in [0.25, 0.3) is 0 Å². The van der Waals surface area contributed by atoms with E-state index in [-0.39, 0.29) is 24.5 Å². The van der Waals surface area contributed by atoms with Gasteiger partial charge in [0.2, 0.25) is 0 Å². The lowest BCUT2D eigenvalue weighted by Gasteiger charge is -2.09. The number of nitrogens with zero attached hydrogens (tertiary/aromatic N) is 1.